The maximum Gasteiger partial charge on any atom is 0.410 e. The Morgan fingerprint density at radius 2 is 1.65 bits per heavy atom. The molecule has 0 aromatic heterocycles. The Kier molecular flexibility index (Phi) is 13.3. The summed E-state index contributed by atoms with van der Waals surface area (Å²) in [5.41, 5.74) is 4.51. The zero-order valence-corrected chi connectivity index (χ0v) is 29.1. The number of hydrogen-bond donors (Lipinski definition) is 2. The average Bonchev–Trinajstić information content (AvgIpc) is 3.06. The highest BCUT2D eigenvalue weighted by Gasteiger charge is 2.28. The molecule has 0 saturated carbocycles. The molecule has 4 rings (SSSR count). The Hall–Kier alpha value is -4.53. The van der Waals surface area contributed by atoms with E-state index in [0.29, 0.717) is 38.5 Å². The summed E-state index contributed by atoms with van der Waals surface area (Å²) >= 11 is 0. The second-order valence-corrected chi connectivity index (χ2v) is 13.6. The number of ether oxygens (including phenoxy) is 3. The summed E-state index contributed by atoms with van der Waals surface area (Å²) in [6.07, 6.45) is 2.97. The molecule has 3 amide bonds. The molecule has 1 saturated heterocycles. The SMILES string of the molecule is Cc1cc(OCCC2CCCN(C(=O)OC(C)(C)C)C2)cc(CNC(=O)C(CCc2ccccc2)NC(=O)OCc2ccccc2)c1C. The maximum atomic E-state index is 13.5. The monoisotopic (exact) mass is 657 g/mol. The van der Waals surface area contributed by atoms with Crippen LogP contribution in [-0.4, -0.2) is 54.3 Å². The Morgan fingerprint density at radius 1 is 0.958 bits per heavy atom. The van der Waals surface area contributed by atoms with Crippen molar-refractivity contribution in [3.8, 4) is 5.75 Å². The Balaban J connectivity index is 1.32. The van der Waals surface area contributed by atoms with E-state index in [-0.39, 0.29) is 18.6 Å². The summed E-state index contributed by atoms with van der Waals surface area (Å²) < 4.78 is 17.2. The molecule has 1 fully saturated rings. The first-order valence-electron chi connectivity index (χ1n) is 17.0. The van der Waals surface area contributed by atoms with Gasteiger partial charge in [-0.1, -0.05) is 60.7 Å². The molecule has 1 aliphatic rings. The van der Waals surface area contributed by atoms with Crippen LogP contribution in [0.1, 0.15) is 74.3 Å². The van der Waals surface area contributed by atoms with Gasteiger partial charge in [-0.25, -0.2) is 9.59 Å². The number of rotatable bonds is 13. The van der Waals surface area contributed by atoms with Crippen LogP contribution in [0, 0.1) is 19.8 Å². The van der Waals surface area contributed by atoms with Crippen molar-refractivity contribution in [2.75, 3.05) is 19.7 Å². The number of hydrogen-bond acceptors (Lipinski definition) is 6. The van der Waals surface area contributed by atoms with Gasteiger partial charge in [0.05, 0.1) is 6.61 Å². The number of benzene rings is 3. The van der Waals surface area contributed by atoms with Crippen LogP contribution in [0.15, 0.2) is 72.8 Å². The van der Waals surface area contributed by atoms with Crippen LogP contribution in [0.4, 0.5) is 9.59 Å². The number of carbonyl (C=O) groups is 3. The molecule has 3 aromatic rings. The number of aryl methyl sites for hydroxylation is 2. The normalized spacial score (nSPS) is 15.3. The Bertz CT molecular complexity index is 1490. The van der Waals surface area contributed by atoms with Crippen LogP contribution in [0.5, 0.6) is 5.75 Å². The summed E-state index contributed by atoms with van der Waals surface area (Å²) in [6, 6.07) is 22.5. The van der Waals surface area contributed by atoms with Crippen LogP contribution in [0.3, 0.4) is 0 Å². The standard InChI is InChI=1S/C39H51N3O6/c1-28-23-34(46-22-20-31-17-12-21-42(26-31)38(45)48-39(3,4)5)24-33(29(28)2)25-40-36(43)35(19-18-30-13-8-6-9-14-30)41-37(44)47-27-32-15-10-7-11-16-32/h6-11,13-16,23-24,31,35H,12,17-22,25-27H2,1-5H3,(H,40,43)(H,41,44). The Morgan fingerprint density at radius 3 is 2.33 bits per heavy atom. The molecule has 0 aliphatic carbocycles. The molecule has 1 heterocycles. The van der Waals surface area contributed by atoms with E-state index in [9.17, 15) is 14.4 Å². The van der Waals surface area contributed by atoms with E-state index < -0.39 is 17.7 Å². The molecule has 2 atom stereocenters. The van der Waals surface area contributed by atoms with Crippen LogP contribution in [0.2, 0.25) is 0 Å². The number of alkyl carbamates (subject to hydrolysis) is 1. The van der Waals surface area contributed by atoms with Crippen molar-refractivity contribution >= 4 is 18.1 Å². The van der Waals surface area contributed by atoms with Crippen molar-refractivity contribution in [2.24, 2.45) is 5.92 Å². The fourth-order valence-electron chi connectivity index (χ4n) is 5.74. The largest absolute Gasteiger partial charge is 0.494 e. The lowest BCUT2D eigenvalue weighted by molar-refractivity contribution is -0.123. The van der Waals surface area contributed by atoms with E-state index in [0.717, 1.165) is 59.4 Å². The zero-order chi connectivity index (χ0) is 34.5. The average molecular weight is 658 g/mol. The predicted octanol–water partition coefficient (Wildman–Crippen LogP) is 7.26. The van der Waals surface area contributed by atoms with Crippen LogP contribution in [-0.2, 0) is 33.8 Å². The lowest BCUT2D eigenvalue weighted by atomic mass is 9.95. The molecule has 9 nitrogen and oxygen atoms in total. The number of likely N-dealkylation sites (tertiary alicyclic amines) is 1. The van der Waals surface area contributed by atoms with Crippen LogP contribution >= 0.6 is 0 Å². The van der Waals surface area contributed by atoms with E-state index >= 15 is 0 Å². The van der Waals surface area contributed by atoms with Gasteiger partial charge in [-0.3, -0.25) is 4.79 Å². The van der Waals surface area contributed by atoms with Gasteiger partial charge in [-0.05, 0) is 113 Å². The molecule has 0 bridgehead atoms. The summed E-state index contributed by atoms with van der Waals surface area (Å²) in [7, 11) is 0. The molecule has 9 heteroatoms. The van der Waals surface area contributed by atoms with Gasteiger partial charge in [0.1, 0.15) is 24.0 Å². The minimum atomic E-state index is -0.773. The van der Waals surface area contributed by atoms with Crippen LogP contribution < -0.4 is 15.4 Å². The van der Waals surface area contributed by atoms with Crippen LogP contribution in [0.25, 0.3) is 0 Å². The zero-order valence-electron chi connectivity index (χ0n) is 29.1. The quantitative estimate of drug-likeness (QED) is 0.200. The fraction of sp³-hybridized carbons (Fsp3) is 0.462. The van der Waals surface area contributed by atoms with Crippen molar-refractivity contribution in [1.29, 1.82) is 0 Å². The van der Waals surface area contributed by atoms with Gasteiger partial charge >= 0.3 is 12.2 Å². The molecule has 2 unspecified atom stereocenters. The first kappa shape index (κ1) is 36.3. The third-order valence-corrected chi connectivity index (χ3v) is 8.55. The van der Waals surface area contributed by atoms with Crippen molar-refractivity contribution in [1.82, 2.24) is 15.5 Å². The summed E-state index contributed by atoms with van der Waals surface area (Å²) in [6.45, 7) is 12.0. The maximum absolute atomic E-state index is 13.5. The molecule has 258 valence electrons. The highest BCUT2D eigenvalue weighted by atomic mass is 16.6. The molecular formula is C39H51N3O6. The number of nitrogens with zero attached hydrogens (tertiary/aromatic N) is 1. The predicted molar refractivity (Wildman–Crippen MR) is 187 cm³/mol. The first-order chi connectivity index (χ1) is 23.0. The lowest BCUT2D eigenvalue weighted by Crippen LogP contribution is -2.47. The lowest BCUT2D eigenvalue weighted by Gasteiger charge is -2.34. The van der Waals surface area contributed by atoms with Gasteiger partial charge < -0.3 is 29.7 Å². The second-order valence-electron chi connectivity index (χ2n) is 13.6. The van der Waals surface area contributed by atoms with Crippen molar-refractivity contribution in [2.45, 2.75) is 91.5 Å². The first-order valence-corrected chi connectivity index (χ1v) is 17.0. The third kappa shape index (κ3) is 11.9. The summed E-state index contributed by atoms with van der Waals surface area (Å²) in [4.78, 5) is 40.6. The van der Waals surface area contributed by atoms with Crippen molar-refractivity contribution in [3.63, 3.8) is 0 Å². The minimum absolute atomic E-state index is 0.119. The topological polar surface area (TPSA) is 106 Å². The van der Waals surface area contributed by atoms with E-state index in [4.69, 9.17) is 14.2 Å². The van der Waals surface area contributed by atoms with E-state index in [2.05, 4.69) is 10.6 Å². The minimum Gasteiger partial charge on any atom is -0.494 e. The summed E-state index contributed by atoms with van der Waals surface area (Å²) in [5.74, 6) is 0.805. The smallest absolute Gasteiger partial charge is 0.410 e. The molecule has 0 spiro atoms. The highest BCUT2D eigenvalue weighted by Crippen LogP contribution is 2.25. The third-order valence-electron chi connectivity index (χ3n) is 8.55. The Labute approximate surface area is 285 Å². The number of piperidine rings is 1. The van der Waals surface area contributed by atoms with Gasteiger partial charge in [-0.15, -0.1) is 0 Å². The van der Waals surface area contributed by atoms with E-state index in [1.807, 2.05) is 107 Å². The molecule has 1 aliphatic heterocycles. The van der Waals surface area contributed by atoms with Crippen molar-refractivity contribution in [3.05, 3.63) is 101 Å². The van der Waals surface area contributed by atoms with Crippen molar-refractivity contribution < 1.29 is 28.6 Å². The van der Waals surface area contributed by atoms with Gasteiger partial charge in [0.2, 0.25) is 5.91 Å². The van der Waals surface area contributed by atoms with Gasteiger partial charge in [0.25, 0.3) is 0 Å². The highest BCUT2D eigenvalue weighted by molar-refractivity contribution is 5.85. The van der Waals surface area contributed by atoms with Gasteiger partial charge in [-0.2, -0.15) is 0 Å². The van der Waals surface area contributed by atoms with E-state index in [1.54, 1.807) is 4.90 Å². The van der Waals surface area contributed by atoms with Gasteiger partial charge in [0, 0.05) is 19.6 Å². The fourth-order valence-corrected chi connectivity index (χ4v) is 5.74. The van der Waals surface area contributed by atoms with Gasteiger partial charge in [0.15, 0.2) is 0 Å². The molecule has 2 N–H and O–H groups in total. The molecular weight excluding hydrogens is 606 g/mol. The summed E-state index contributed by atoms with van der Waals surface area (Å²) in [5, 5.41) is 5.82. The number of carbonyl (C=O) groups excluding carboxylic acids is 3. The molecule has 0 radical (unpaired) electrons. The second kappa shape index (κ2) is 17.6. The number of nitrogens with one attached hydrogen (secondary N) is 2. The number of amides is 3. The van der Waals surface area contributed by atoms with E-state index in [1.165, 1.54) is 0 Å². The molecule has 48 heavy (non-hydrogen) atoms. The molecule has 3 aromatic carbocycles.